The van der Waals surface area contributed by atoms with Gasteiger partial charge in [0.15, 0.2) is 0 Å². The molecule has 0 aromatic carbocycles. The molecule has 3 rings (SSSR count). The molecule has 3 saturated heterocycles. The fourth-order valence-corrected chi connectivity index (χ4v) is 3.57. The molecule has 0 aromatic rings. The van der Waals surface area contributed by atoms with E-state index in [1.807, 2.05) is 0 Å². The lowest BCUT2D eigenvalue weighted by Crippen LogP contribution is -2.52. The molecule has 0 bridgehead atoms. The summed E-state index contributed by atoms with van der Waals surface area (Å²) in [5.74, 6) is -1.57. The van der Waals surface area contributed by atoms with Crippen molar-refractivity contribution in [2.45, 2.75) is 37.4 Å². The Morgan fingerprint density at radius 2 is 1.90 bits per heavy atom. The summed E-state index contributed by atoms with van der Waals surface area (Å²) < 4.78 is 5.14. The number of carbonyl (C=O) groups is 2. The number of urea groups is 1. The maximum atomic E-state index is 12.0. The van der Waals surface area contributed by atoms with E-state index in [9.17, 15) is 9.59 Å². The minimum absolute atomic E-state index is 0.167. The molecule has 7 nitrogen and oxygen atoms in total. The van der Waals surface area contributed by atoms with Crippen LogP contribution in [0.1, 0.15) is 19.3 Å². The summed E-state index contributed by atoms with van der Waals surface area (Å²) in [6, 6.07) is -0.0713. The smallest absolute Gasteiger partial charge is 0.315 e. The van der Waals surface area contributed by atoms with Gasteiger partial charge in [-0.15, -0.1) is 0 Å². The normalized spacial score (nSPS) is 36.8. The number of amides is 2. The van der Waals surface area contributed by atoms with Crippen LogP contribution in [0.15, 0.2) is 0 Å². The molecule has 0 spiro atoms. The molecule has 0 saturated carbocycles. The number of carboxylic acids is 1. The van der Waals surface area contributed by atoms with Crippen molar-refractivity contribution in [1.29, 1.82) is 0 Å². The summed E-state index contributed by atoms with van der Waals surface area (Å²) in [6.07, 6.45) is 3.30. The molecule has 0 aromatic heterocycles. The zero-order valence-corrected chi connectivity index (χ0v) is 11.4. The SMILES string of the molecule is O=C(NC1COCC1C(=O)O)NC1CCN2CCCC12. The van der Waals surface area contributed by atoms with Crippen molar-refractivity contribution in [2.24, 2.45) is 5.92 Å². The van der Waals surface area contributed by atoms with Gasteiger partial charge < -0.3 is 20.5 Å². The summed E-state index contributed by atoms with van der Waals surface area (Å²) in [7, 11) is 0. The summed E-state index contributed by atoms with van der Waals surface area (Å²) in [6.45, 7) is 2.60. The van der Waals surface area contributed by atoms with Crippen LogP contribution in [-0.2, 0) is 9.53 Å². The average molecular weight is 283 g/mol. The van der Waals surface area contributed by atoms with Crippen LogP contribution in [0, 0.1) is 5.92 Å². The number of rotatable bonds is 3. The van der Waals surface area contributed by atoms with Gasteiger partial charge in [0.1, 0.15) is 5.92 Å². The van der Waals surface area contributed by atoms with Crippen LogP contribution < -0.4 is 10.6 Å². The van der Waals surface area contributed by atoms with E-state index in [0.717, 1.165) is 25.9 Å². The summed E-state index contributed by atoms with van der Waals surface area (Å²) in [5, 5.41) is 14.8. The fourth-order valence-electron chi connectivity index (χ4n) is 3.57. The van der Waals surface area contributed by atoms with Gasteiger partial charge in [0.25, 0.3) is 0 Å². The van der Waals surface area contributed by atoms with Crippen molar-refractivity contribution in [2.75, 3.05) is 26.3 Å². The molecule has 20 heavy (non-hydrogen) atoms. The molecule has 3 N–H and O–H groups in total. The number of nitrogens with one attached hydrogen (secondary N) is 2. The summed E-state index contributed by atoms with van der Waals surface area (Å²) >= 11 is 0. The van der Waals surface area contributed by atoms with Gasteiger partial charge in [-0.1, -0.05) is 0 Å². The molecule has 3 aliphatic rings. The monoisotopic (exact) mass is 283 g/mol. The molecule has 3 fully saturated rings. The molecule has 112 valence electrons. The number of aliphatic carboxylic acids is 1. The number of fused-ring (bicyclic) bond motifs is 1. The number of ether oxygens (including phenoxy) is 1. The number of hydrogen-bond acceptors (Lipinski definition) is 4. The minimum atomic E-state index is -0.921. The van der Waals surface area contributed by atoms with E-state index in [1.54, 1.807) is 0 Å². The van der Waals surface area contributed by atoms with Crippen LogP contribution in [0.3, 0.4) is 0 Å². The lowest BCUT2D eigenvalue weighted by molar-refractivity contribution is -0.142. The van der Waals surface area contributed by atoms with E-state index in [4.69, 9.17) is 9.84 Å². The standard InChI is InChI=1S/C13H21N3O4/c17-12(18)8-6-20-7-10(8)15-13(19)14-9-3-5-16-4-1-2-11(9)16/h8-11H,1-7H2,(H,17,18)(H2,14,15,19). The van der Waals surface area contributed by atoms with Gasteiger partial charge in [-0.25, -0.2) is 4.79 Å². The highest BCUT2D eigenvalue weighted by Crippen LogP contribution is 2.27. The van der Waals surface area contributed by atoms with Crippen LogP contribution >= 0.6 is 0 Å². The van der Waals surface area contributed by atoms with Crippen molar-refractivity contribution in [1.82, 2.24) is 15.5 Å². The van der Waals surface area contributed by atoms with Crippen molar-refractivity contribution in [3.63, 3.8) is 0 Å². The Morgan fingerprint density at radius 3 is 2.70 bits per heavy atom. The van der Waals surface area contributed by atoms with Gasteiger partial charge in [-0.3, -0.25) is 9.69 Å². The predicted molar refractivity (Wildman–Crippen MR) is 70.4 cm³/mol. The highest BCUT2D eigenvalue weighted by Gasteiger charge is 2.39. The average Bonchev–Trinajstić information content (AvgIpc) is 3.06. The molecule has 0 radical (unpaired) electrons. The van der Waals surface area contributed by atoms with Crippen molar-refractivity contribution in [3.8, 4) is 0 Å². The van der Waals surface area contributed by atoms with Crippen LogP contribution in [0.5, 0.6) is 0 Å². The second-order valence-electron chi connectivity index (χ2n) is 5.85. The Balaban J connectivity index is 1.51. The van der Waals surface area contributed by atoms with Crippen molar-refractivity contribution in [3.05, 3.63) is 0 Å². The number of carboxylic acid groups (broad SMARTS) is 1. The lowest BCUT2D eigenvalue weighted by Gasteiger charge is -2.23. The predicted octanol–water partition coefficient (Wildman–Crippen LogP) is -0.378. The Labute approximate surface area is 117 Å². The zero-order chi connectivity index (χ0) is 14.1. The first-order valence-electron chi connectivity index (χ1n) is 7.27. The Bertz CT molecular complexity index is 403. The first-order valence-corrected chi connectivity index (χ1v) is 7.27. The molecule has 4 atom stereocenters. The quantitative estimate of drug-likeness (QED) is 0.657. The van der Waals surface area contributed by atoms with E-state index in [2.05, 4.69) is 15.5 Å². The van der Waals surface area contributed by atoms with Gasteiger partial charge in [0, 0.05) is 18.6 Å². The molecule has 2 amide bonds. The number of nitrogens with zero attached hydrogens (tertiary/aromatic N) is 1. The molecule has 3 aliphatic heterocycles. The molecule has 4 unspecified atom stereocenters. The van der Waals surface area contributed by atoms with E-state index >= 15 is 0 Å². The minimum Gasteiger partial charge on any atom is -0.481 e. The topological polar surface area (TPSA) is 90.9 Å². The van der Waals surface area contributed by atoms with Crippen LogP contribution in [0.4, 0.5) is 4.79 Å². The Hall–Kier alpha value is -1.34. The van der Waals surface area contributed by atoms with Crippen LogP contribution in [0.2, 0.25) is 0 Å². The molecule has 7 heteroatoms. The maximum absolute atomic E-state index is 12.0. The summed E-state index contributed by atoms with van der Waals surface area (Å²) in [5.41, 5.74) is 0. The highest BCUT2D eigenvalue weighted by molar-refractivity contribution is 5.77. The maximum Gasteiger partial charge on any atom is 0.315 e. The third-order valence-corrected chi connectivity index (χ3v) is 4.64. The zero-order valence-electron chi connectivity index (χ0n) is 11.4. The number of carbonyl (C=O) groups excluding carboxylic acids is 1. The van der Waals surface area contributed by atoms with E-state index in [-0.39, 0.29) is 25.3 Å². The Kier molecular flexibility index (Phi) is 3.80. The first kappa shape index (κ1) is 13.6. The first-order chi connectivity index (χ1) is 9.65. The Morgan fingerprint density at radius 1 is 1.10 bits per heavy atom. The van der Waals surface area contributed by atoms with Gasteiger partial charge in [0.2, 0.25) is 0 Å². The highest BCUT2D eigenvalue weighted by atomic mass is 16.5. The molecule has 0 aliphatic carbocycles. The fraction of sp³-hybridized carbons (Fsp3) is 0.846. The van der Waals surface area contributed by atoms with Gasteiger partial charge >= 0.3 is 12.0 Å². The third-order valence-electron chi connectivity index (χ3n) is 4.64. The second-order valence-corrected chi connectivity index (χ2v) is 5.85. The van der Waals surface area contributed by atoms with E-state index < -0.39 is 17.9 Å². The largest absolute Gasteiger partial charge is 0.481 e. The second kappa shape index (κ2) is 5.57. The lowest BCUT2D eigenvalue weighted by atomic mass is 10.0. The van der Waals surface area contributed by atoms with Crippen molar-refractivity contribution < 1.29 is 19.4 Å². The summed E-state index contributed by atoms with van der Waals surface area (Å²) in [4.78, 5) is 25.5. The van der Waals surface area contributed by atoms with Crippen LogP contribution in [0.25, 0.3) is 0 Å². The molecular formula is C13H21N3O4. The van der Waals surface area contributed by atoms with Crippen LogP contribution in [-0.4, -0.2) is 66.4 Å². The van der Waals surface area contributed by atoms with Gasteiger partial charge in [-0.05, 0) is 25.8 Å². The van der Waals surface area contributed by atoms with Gasteiger partial charge in [0.05, 0.1) is 19.3 Å². The van der Waals surface area contributed by atoms with Gasteiger partial charge in [-0.2, -0.15) is 0 Å². The van der Waals surface area contributed by atoms with Crippen molar-refractivity contribution >= 4 is 12.0 Å². The third kappa shape index (κ3) is 2.60. The van der Waals surface area contributed by atoms with E-state index in [0.29, 0.717) is 6.04 Å². The van der Waals surface area contributed by atoms with E-state index in [1.165, 1.54) is 6.42 Å². The molecular weight excluding hydrogens is 262 g/mol. The number of hydrogen-bond donors (Lipinski definition) is 3. The molecule has 3 heterocycles.